The lowest BCUT2D eigenvalue weighted by atomic mass is 10.1. The first-order valence-corrected chi connectivity index (χ1v) is 12.5. The van der Waals surface area contributed by atoms with E-state index in [1.807, 2.05) is 18.2 Å². The lowest BCUT2D eigenvalue weighted by Gasteiger charge is -2.34. The first kappa shape index (κ1) is 24.1. The average Bonchev–Trinajstić information content (AvgIpc) is 3.41. The van der Waals surface area contributed by atoms with Crippen LogP contribution in [0.2, 0.25) is 0 Å². The zero-order valence-electron chi connectivity index (χ0n) is 21.0. The Morgan fingerprint density at radius 2 is 1.61 bits per heavy atom. The molecule has 0 saturated carbocycles. The molecule has 1 fully saturated rings. The van der Waals surface area contributed by atoms with E-state index < -0.39 is 0 Å². The van der Waals surface area contributed by atoms with E-state index in [-0.39, 0.29) is 23.7 Å². The molecular weight excluding hydrogens is 488 g/mol. The Hall–Kier alpha value is -4.21. The fourth-order valence-corrected chi connectivity index (χ4v) is 4.90. The van der Waals surface area contributed by atoms with Crippen LogP contribution >= 0.6 is 0 Å². The Bertz CT molecular complexity index is 1530. The molecule has 0 aliphatic carbocycles. The van der Waals surface area contributed by atoms with E-state index in [1.165, 1.54) is 25.0 Å². The summed E-state index contributed by atoms with van der Waals surface area (Å²) in [6, 6.07) is 16.3. The van der Waals surface area contributed by atoms with Gasteiger partial charge in [-0.3, -0.25) is 14.6 Å². The van der Waals surface area contributed by atoms with Crippen LogP contribution in [0.3, 0.4) is 0 Å². The van der Waals surface area contributed by atoms with Gasteiger partial charge >= 0.3 is 0 Å². The Labute approximate surface area is 219 Å². The number of rotatable bonds is 7. The maximum atomic E-state index is 13.2. The summed E-state index contributed by atoms with van der Waals surface area (Å²) in [6.07, 6.45) is 1.29. The highest BCUT2D eigenvalue weighted by atomic mass is 16.7. The number of piperazine rings is 1. The molecule has 2 aliphatic heterocycles. The van der Waals surface area contributed by atoms with Gasteiger partial charge in [0.25, 0.3) is 0 Å². The fourth-order valence-electron chi connectivity index (χ4n) is 4.90. The van der Waals surface area contributed by atoms with E-state index in [0.29, 0.717) is 34.6 Å². The van der Waals surface area contributed by atoms with Gasteiger partial charge in [0, 0.05) is 39.3 Å². The SMILES string of the molecule is COc1ccccc1Oc1coc2c(CN3CCN(Cc4ccc5c(c4)OCO5)CC3)c(O)ccc2c1=O. The molecule has 9 heteroatoms. The minimum Gasteiger partial charge on any atom is -0.507 e. The maximum absolute atomic E-state index is 13.2. The molecule has 4 aromatic rings. The number of phenolic OH excluding ortho intramolecular Hbond substituents is 1. The molecule has 196 valence electrons. The molecule has 0 unspecified atom stereocenters. The first-order chi connectivity index (χ1) is 18.6. The summed E-state index contributed by atoms with van der Waals surface area (Å²) < 4.78 is 27.9. The van der Waals surface area contributed by atoms with Crippen molar-refractivity contribution in [3.05, 3.63) is 82.2 Å². The van der Waals surface area contributed by atoms with Crippen LogP contribution in [0.4, 0.5) is 0 Å². The second-order valence-electron chi connectivity index (χ2n) is 9.36. The van der Waals surface area contributed by atoms with Crippen molar-refractivity contribution < 1.29 is 28.5 Å². The lowest BCUT2D eigenvalue weighted by molar-refractivity contribution is 0.121. The second kappa shape index (κ2) is 10.3. The molecule has 38 heavy (non-hydrogen) atoms. The third-order valence-electron chi connectivity index (χ3n) is 6.97. The Morgan fingerprint density at radius 1 is 0.868 bits per heavy atom. The summed E-state index contributed by atoms with van der Waals surface area (Å²) in [5, 5.41) is 11.0. The fraction of sp³-hybridized carbons (Fsp3) is 0.276. The highest BCUT2D eigenvalue weighted by Crippen LogP contribution is 2.34. The summed E-state index contributed by atoms with van der Waals surface area (Å²) in [5.41, 5.74) is 1.83. The quantitative estimate of drug-likeness (QED) is 0.385. The minimum atomic E-state index is -0.313. The van der Waals surface area contributed by atoms with Gasteiger partial charge in [-0.1, -0.05) is 18.2 Å². The van der Waals surface area contributed by atoms with Crippen LogP contribution in [-0.2, 0) is 13.1 Å². The smallest absolute Gasteiger partial charge is 0.235 e. The molecule has 0 amide bonds. The number of phenols is 1. The van der Waals surface area contributed by atoms with Gasteiger partial charge in [-0.25, -0.2) is 0 Å². The summed E-state index contributed by atoms with van der Waals surface area (Å²) >= 11 is 0. The average molecular weight is 517 g/mol. The van der Waals surface area contributed by atoms with Gasteiger partial charge in [-0.05, 0) is 42.0 Å². The van der Waals surface area contributed by atoms with Crippen LogP contribution < -0.4 is 24.4 Å². The van der Waals surface area contributed by atoms with Crippen molar-refractivity contribution in [3.63, 3.8) is 0 Å². The number of fused-ring (bicyclic) bond motifs is 2. The second-order valence-corrected chi connectivity index (χ2v) is 9.36. The molecule has 2 aliphatic rings. The maximum Gasteiger partial charge on any atom is 0.235 e. The molecule has 3 aromatic carbocycles. The molecule has 1 saturated heterocycles. The Morgan fingerprint density at radius 3 is 2.39 bits per heavy atom. The lowest BCUT2D eigenvalue weighted by Crippen LogP contribution is -2.45. The zero-order valence-corrected chi connectivity index (χ0v) is 21.0. The number of aromatic hydroxyl groups is 1. The van der Waals surface area contributed by atoms with Crippen LogP contribution in [0.1, 0.15) is 11.1 Å². The third kappa shape index (κ3) is 4.73. The Kier molecular flexibility index (Phi) is 6.53. The van der Waals surface area contributed by atoms with Crippen molar-refractivity contribution in [2.45, 2.75) is 13.1 Å². The summed E-state index contributed by atoms with van der Waals surface area (Å²) in [6.45, 7) is 4.96. The number of nitrogens with zero attached hydrogens (tertiary/aromatic N) is 2. The van der Waals surface area contributed by atoms with E-state index in [1.54, 1.807) is 24.3 Å². The monoisotopic (exact) mass is 516 g/mol. The largest absolute Gasteiger partial charge is 0.507 e. The van der Waals surface area contributed by atoms with Gasteiger partial charge in [0.1, 0.15) is 17.6 Å². The molecule has 0 radical (unpaired) electrons. The van der Waals surface area contributed by atoms with Gasteiger partial charge < -0.3 is 28.5 Å². The molecule has 1 N–H and O–H groups in total. The molecule has 6 rings (SSSR count). The first-order valence-electron chi connectivity index (χ1n) is 12.5. The van der Waals surface area contributed by atoms with Crippen molar-refractivity contribution in [1.82, 2.24) is 9.80 Å². The van der Waals surface area contributed by atoms with Gasteiger partial charge in [-0.2, -0.15) is 0 Å². The van der Waals surface area contributed by atoms with Crippen LogP contribution in [0.25, 0.3) is 11.0 Å². The number of hydrogen-bond acceptors (Lipinski definition) is 9. The van der Waals surface area contributed by atoms with E-state index in [0.717, 1.165) is 44.2 Å². The van der Waals surface area contributed by atoms with E-state index in [4.69, 9.17) is 23.4 Å². The standard InChI is InChI=1S/C29H28N2O7/c1-34-23-4-2-3-5-25(23)38-27-17-35-29-20(28(27)33)7-8-22(32)21(29)16-31-12-10-30(11-13-31)15-19-6-9-24-26(14-19)37-18-36-24/h2-9,14,17,32H,10-13,15-16,18H2,1H3. The Balaban J connectivity index is 1.15. The summed E-state index contributed by atoms with van der Waals surface area (Å²) in [4.78, 5) is 17.9. The van der Waals surface area contributed by atoms with Crippen LogP contribution in [0.15, 0.2) is 70.1 Å². The minimum absolute atomic E-state index is 0.0516. The van der Waals surface area contributed by atoms with Crippen molar-refractivity contribution in [2.24, 2.45) is 0 Å². The van der Waals surface area contributed by atoms with Crippen molar-refractivity contribution in [1.29, 1.82) is 0 Å². The van der Waals surface area contributed by atoms with E-state index >= 15 is 0 Å². The summed E-state index contributed by atoms with van der Waals surface area (Å²) in [7, 11) is 1.54. The third-order valence-corrected chi connectivity index (χ3v) is 6.97. The molecule has 0 bridgehead atoms. The number of hydrogen-bond donors (Lipinski definition) is 1. The van der Waals surface area contributed by atoms with Gasteiger partial charge in [0.05, 0.1) is 18.1 Å². The highest BCUT2D eigenvalue weighted by molar-refractivity contribution is 5.83. The number of benzene rings is 3. The van der Waals surface area contributed by atoms with Gasteiger partial charge in [-0.15, -0.1) is 0 Å². The van der Waals surface area contributed by atoms with Gasteiger partial charge in [0.2, 0.25) is 18.0 Å². The van der Waals surface area contributed by atoms with Crippen LogP contribution in [0, 0.1) is 0 Å². The molecule has 3 heterocycles. The number of para-hydroxylation sites is 2. The molecule has 0 spiro atoms. The molecular formula is C29H28N2O7. The van der Waals surface area contributed by atoms with Crippen molar-refractivity contribution in [3.8, 4) is 34.5 Å². The predicted octanol–water partition coefficient (Wildman–Crippen LogP) is 4.35. The highest BCUT2D eigenvalue weighted by Gasteiger charge is 2.22. The molecule has 1 aromatic heterocycles. The van der Waals surface area contributed by atoms with E-state index in [9.17, 15) is 9.90 Å². The van der Waals surface area contributed by atoms with Crippen molar-refractivity contribution in [2.75, 3.05) is 40.1 Å². The summed E-state index contributed by atoms with van der Waals surface area (Å²) in [5.74, 6) is 2.66. The van der Waals surface area contributed by atoms with Gasteiger partial charge in [0.15, 0.2) is 23.0 Å². The normalized spacial score (nSPS) is 15.6. The number of ether oxygens (including phenoxy) is 4. The predicted molar refractivity (Wildman–Crippen MR) is 140 cm³/mol. The van der Waals surface area contributed by atoms with Crippen LogP contribution in [-0.4, -0.2) is 55.0 Å². The van der Waals surface area contributed by atoms with E-state index in [2.05, 4.69) is 15.9 Å². The zero-order chi connectivity index (χ0) is 26.1. The molecule has 0 atom stereocenters. The van der Waals surface area contributed by atoms with Crippen LogP contribution in [0.5, 0.6) is 34.5 Å². The number of methoxy groups -OCH3 is 1. The topological polar surface area (TPSA) is 93.8 Å². The van der Waals surface area contributed by atoms with Crippen molar-refractivity contribution >= 4 is 11.0 Å². The molecule has 9 nitrogen and oxygen atoms in total.